The summed E-state index contributed by atoms with van der Waals surface area (Å²) in [7, 11) is 0. The quantitative estimate of drug-likeness (QED) is 0.570. The molecule has 8 nitrogen and oxygen atoms in total. The molecule has 1 aromatic heterocycles. The van der Waals surface area contributed by atoms with E-state index >= 15 is 0 Å². The number of hydrogen-bond donors (Lipinski definition) is 2. The Morgan fingerprint density at radius 3 is 2.67 bits per heavy atom. The first-order valence-electron chi connectivity index (χ1n) is 8.79. The Labute approximate surface area is 181 Å². The summed E-state index contributed by atoms with van der Waals surface area (Å²) in [6, 6.07) is 5.07. The second-order valence-electron chi connectivity index (χ2n) is 6.10. The first kappa shape index (κ1) is 23.4. The van der Waals surface area contributed by atoms with Crippen molar-refractivity contribution in [3.63, 3.8) is 0 Å². The molecule has 2 aromatic rings. The second-order valence-corrected chi connectivity index (χ2v) is 6.95. The molecule has 1 aromatic carbocycles. The number of carbonyl (C=O) groups excluding carboxylic acids is 2. The lowest BCUT2D eigenvalue weighted by Crippen LogP contribution is -2.32. The van der Waals surface area contributed by atoms with Gasteiger partial charge in [-0.25, -0.2) is 9.07 Å². The van der Waals surface area contributed by atoms with E-state index in [1.165, 1.54) is 24.4 Å². The standard InChI is InChI=1S/C19H19Cl2FN4O4/c1-12(25-17(27)5-7-26-19(29)8-13(20)10-24-26)4-6-23-18(28)11-30-14-2-3-15(21)16(22)9-14/h2-3,8-10H,1,4-7,11H2,(H,23,28)(H,25,27). The zero-order valence-electron chi connectivity index (χ0n) is 15.8. The molecule has 0 saturated carbocycles. The van der Waals surface area contributed by atoms with E-state index in [0.29, 0.717) is 12.1 Å². The van der Waals surface area contributed by atoms with Crippen molar-refractivity contribution in [2.75, 3.05) is 13.2 Å². The van der Waals surface area contributed by atoms with Gasteiger partial charge in [-0.3, -0.25) is 14.4 Å². The highest BCUT2D eigenvalue weighted by Gasteiger charge is 2.08. The molecule has 11 heteroatoms. The van der Waals surface area contributed by atoms with E-state index in [2.05, 4.69) is 22.3 Å². The third-order valence-electron chi connectivity index (χ3n) is 3.71. The first-order chi connectivity index (χ1) is 14.2. The van der Waals surface area contributed by atoms with Gasteiger partial charge in [0.25, 0.3) is 11.5 Å². The van der Waals surface area contributed by atoms with Crippen LogP contribution in [0.2, 0.25) is 10.0 Å². The minimum atomic E-state index is -0.640. The van der Waals surface area contributed by atoms with Gasteiger partial charge in [-0.05, 0) is 12.1 Å². The zero-order chi connectivity index (χ0) is 22.1. The van der Waals surface area contributed by atoms with E-state index < -0.39 is 17.3 Å². The van der Waals surface area contributed by atoms with Gasteiger partial charge in [0.05, 0.1) is 22.8 Å². The Kier molecular flexibility index (Phi) is 8.82. The predicted molar refractivity (Wildman–Crippen MR) is 110 cm³/mol. The number of nitrogens with zero attached hydrogens (tertiary/aromatic N) is 2. The van der Waals surface area contributed by atoms with Gasteiger partial charge in [0.2, 0.25) is 5.91 Å². The van der Waals surface area contributed by atoms with E-state index in [-0.39, 0.29) is 47.8 Å². The molecule has 0 spiro atoms. The molecule has 160 valence electrons. The van der Waals surface area contributed by atoms with E-state index in [4.69, 9.17) is 27.9 Å². The van der Waals surface area contributed by atoms with Gasteiger partial charge in [-0.15, -0.1) is 0 Å². The first-order valence-corrected chi connectivity index (χ1v) is 9.55. The predicted octanol–water partition coefficient (Wildman–Crippen LogP) is 2.29. The fourth-order valence-electron chi connectivity index (χ4n) is 2.23. The van der Waals surface area contributed by atoms with Crippen LogP contribution in [-0.2, 0) is 16.1 Å². The highest BCUT2D eigenvalue weighted by molar-refractivity contribution is 6.30. The summed E-state index contributed by atoms with van der Waals surface area (Å²) in [5.41, 5.74) is -0.00204. The number of rotatable bonds is 10. The number of halogens is 3. The summed E-state index contributed by atoms with van der Waals surface area (Å²) in [6.07, 6.45) is 1.63. The van der Waals surface area contributed by atoms with Crippen LogP contribution in [0.25, 0.3) is 0 Å². The van der Waals surface area contributed by atoms with Gasteiger partial charge < -0.3 is 15.4 Å². The van der Waals surface area contributed by atoms with Gasteiger partial charge in [-0.1, -0.05) is 29.8 Å². The lowest BCUT2D eigenvalue weighted by molar-refractivity contribution is -0.123. The topological polar surface area (TPSA) is 102 Å². The van der Waals surface area contributed by atoms with E-state index in [1.54, 1.807) is 0 Å². The largest absolute Gasteiger partial charge is 0.484 e. The van der Waals surface area contributed by atoms with Crippen LogP contribution in [0, 0.1) is 5.82 Å². The van der Waals surface area contributed by atoms with Gasteiger partial charge in [0.1, 0.15) is 11.6 Å². The second kappa shape index (κ2) is 11.3. The van der Waals surface area contributed by atoms with Crippen molar-refractivity contribution in [2.24, 2.45) is 0 Å². The summed E-state index contributed by atoms with van der Waals surface area (Å²) >= 11 is 11.2. The van der Waals surface area contributed by atoms with Crippen LogP contribution in [0.1, 0.15) is 12.8 Å². The van der Waals surface area contributed by atoms with Crippen molar-refractivity contribution >= 4 is 35.0 Å². The molecule has 0 atom stereocenters. The molecule has 0 unspecified atom stereocenters. The van der Waals surface area contributed by atoms with Crippen molar-refractivity contribution < 1.29 is 18.7 Å². The van der Waals surface area contributed by atoms with Crippen molar-refractivity contribution in [2.45, 2.75) is 19.4 Å². The number of nitrogens with one attached hydrogen (secondary N) is 2. The van der Waals surface area contributed by atoms with Crippen molar-refractivity contribution in [1.82, 2.24) is 20.4 Å². The molecule has 2 N–H and O–H groups in total. The molecule has 30 heavy (non-hydrogen) atoms. The minimum Gasteiger partial charge on any atom is -0.484 e. The smallest absolute Gasteiger partial charge is 0.268 e. The van der Waals surface area contributed by atoms with Gasteiger partial charge in [0, 0.05) is 37.2 Å². The monoisotopic (exact) mass is 456 g/mol. The molecule has 0 radical (unpaired) electrons. The van der Waals surface area contributed by atoms with Crippen LogP contribution in [0.15, 0.2) is 47.5 Å². The number of carbonyl (C=O) groups is 2. The minimum absolute atomic E-state index is 0.0193. The van der Waals surface area contributed by atoms with Crippen LogP contribution < -0.4 is 20.9 Å². The van der Waals surface area contributed by atoms with Crippen molar-refractivity contribution in [3.8, 4) is 5.75 Å². The third-order valence-corrected chi connectivity index (χ3v) is 4.23. The van der Waals surface area contributed by atoms with Crippen LogP contribution in [0.4, 0.5) is 4.39 Å². The third kappa shape index (κ3) is 7.84. The fourth-order valence-corrected chi connectivity index (χ4v) is 2.48. The highest BCUT2D eigenvalue weighted by Crippen LogP contribution is 2.20. The Morgan fingerprint density at radius 1 is 1.20 bits per heavy atom. The number of ether oxygens (including phenoxy) is 1. The molecule has 2 amide bonds. The SMILES string of the molecule is C=C(CCNC(=O)COc1ccc(Cl)c(F)c1)NC(=O)CCn1ncc(Cl)cc1=O. The Morgan fingerprint density at radius 2 is 1.97 bits per heavy atom. The maximum atomic E-state index is 13.3. The maximum Gasteiger partial charge on any atom is 0.268 e. The summed E-state index contributed by atoms with van der Waals surface area (Å²) in [5, 5.41) is 9.19. The van der Waals surface area contributed by atoms with E-state index in [9.17, 15) is 18.8 Å². The highest BCUT2D eigenvalue weighted by atomic mass is 35.5. The van der Waals surface area contributed by atoms with Gasteiger partial charge in [0.15, 0.2) is 6.61 Å². The number of aromatic nitrogens is 2. The average Bonchev–Trinajstić information content (AvgIpc) is 2.68. The molecule has 2 rings (SSSR count). The lowest BCUT2D eigenvalue weighted by atomic mass is 10.3. The number of benzene rings is 1. The van der Waals surface area contributed by atoms with Crippen molar-refractivity contribution in [3.05, 3.63) is 69.0 Å². The van der Waals surface area contributed by atoms with Crippen LogP contribution in [-0.4, -0.2) is 34.7 Å². The molecule has 0 aliphatic heterocycles. The molecule has 0 saturated heterocycles. The summed E-state index contributed by atoms with van der Waals surface area (Å²) < 4.78 is 19.6. The number of amides is 2. The van der Waals surface area contributed by atoms with Crippen LogP contribution in [0.3, 0.4) is 0 Å². The van der Waals surface area contributed by atoms with E-state index in [0.717, 1.165) is 10.7 Å². The summed E-state index contributed by atoms with van der Waals surface area (Å²) in [5.74, 6) is -1.22. The zero-order valence-corrected chi connectivity index (χ0v) is 17.3. The summed E-state index contributed by atoms with van der Waals surface area (Å²) in [4.78, 5) is 35.3. The molecule has 0 fully saturated rings. The Hall–Kier alpha value is -2.91. The fraction of sp³-hybridized carbons (Fsp3) is 0.263. The lowest BCUT2D eigenvalue weighted by Gasteiger charge is -2.10. The molecule has 0 aliphatic rings. The van der Waals surface area contributed by atoms with Crippen LogP contribution >= 0.6 is 23.2 Å². The normalized spacial score (nSPS) is 10.4. The maximum absolute atomic E-state index is 13.3. The van der Waals surface area contributed by atoms with Crippen LogP contribution in [0.5, 0.6) is 5.75 Å². The number of hydrogen-bond acceptors (Lipinski definition) is 5. The van der Waals surface area contributed by atoms with Gasteiger partial charge in [-0.2, -0.15) is 5.10 Å². The number of aryl methyl sites for hydroxylation is 1. The van der Waals surface area contributed by atoms with Crippen molar-refractivity contribution in [1.29, 1.82) is 0 Å². The molecule has 0 aliphatic carbocycles. The average molecular weight is 457 g/mol. The molecule has 0 bridgehead atoms. The summed E-state index contributed by atoms with van der Waals surface area (Å²) in [6.45, 7) is 3.72. The Bertz CT molecular complexity index is 997. The molecular weight excluding hydrogens is 438 g/mol. The molecular formula is C19H19Cl2FN4O4. The van der Waals surface area contributed by atoms with E-state index in [1.807, 2.05) is 0 Å². The van der Waals surface area contributed by atoms with Gasteiger partial charge >= 0.3 is 0 Å². The molecule has 1 heterocycles. The Balaban J connectivity index is 1.63.